The van der Waals surface area contributed by atoms with E-state index in [9.17, 15) is 4.79 Å². The van der Waals surface area contributed by atoms with Gasteiger partial charge in [-0.1, -0.05) is 38.3 Å². The van der Waals surface area contributed by atoms with Gasteiger partial charge in [-0.2, -0.15) is 0 Å². The van der Waals surface area contributed by atoms with E-state index in [1.54, 1.807) is 0 Å². The van der Waals surface area contributed by atoms with Crippen molar-refractivity contribution in [1.29, 1.82) is 0 Å². The minimum atomic E-state index is -0.327. The largest absolute Gasteiger partial charge is 0.369 e. The molecule has 1 aliphatic rings. The third-order valence-corrected chi connectivity index (χ3v) is 4.09. The highest BCUT2D eigenvalue weighted by molar-refractivity contribution is 5.76. The van der Waals surface area contributed by atoms with E-state index in [2.05, 4.69) is 28.8 Å². The Morgan fingerprint density at radius 2 is 2.05 bits per heavy atom. The minimum absolute atomic E-state index is 0.208. The van der Waals surface area contributed by atoms with Gasteiger partial charge in [-0.3, -0.25) is 4.79 Å². The molecule has 0 aliphatic heterocycles. The molecular weight excluding hydrogens is 252 g/mol. The monoisotopic (exact) mass is 278 g/mol. The Hall–Kier alpha value is -1.39. The molecule has 2 rings (SSSR count). The second-order valence-corrected chi connectivity index (χ2v) is 6.29. The van der Waals surface area contributed by atoms with Crippen molar-refractivity contribution >= 4 is 5.91 Å². The first-order chi connectivity index (χ1) is 9.58. The normalized spacial score (nSPS) is 16.8. The molecule has 0 radical (unpaired) electrons. The average Bonchev–Trinajstić information content (AvgIpc) is 2.79. The van der Waals surface area contributed by atoms with Crippen LogP contribution in [0.25, 0.3) is 0 Å². The van der Waals surface area contributed by atoms with Gasteiger partial charge >= 0.3 is 0 Å². The van der Waals surface area contributed by atoms with Gasteiger partial charge in [0.05, 0.1) is 23.9 Å². The number of hydrogen-bond acceptors (Lipinski definition) is 3. The zero-order chi connectivity index (χ0) is 14.5. The number of carbonyl (C=O) groups excluding carboxylic acids is 1. The quantitative estimate of drug-likeness (QED) is 0.868. The summed E-state index contributed by atoms with van der Waals surface area (Å²) in [4.78, 5) is 11.2. The van der Waals surface area contributed by atoms with Crippen molar-refractivity contribution in [2.45, 2.75) is 71.3 Å². The summed E-state index contributed by atoms with van der Waals surface area (Å²) < 4.78 is 2.08. The van der Waals surface area contributed by atoms with Crippen LogP contribution in [0.1, 0.15) is 69.8 Å². The summed E-state index contributed by atoms with van der Waals surface area (Å²) in [6.07, 6.45) is 8.43. The third-order valence-electron chi connectivity index (χ3n) is 4.09. The summed E-state index contributed by atoms with van der Waals surface area (Å²) in [7, 11) is 0. The molecule has 1 heterocycles. The molecule has 1 aromatic rings. The molecule has 0 atom stereocenters. The van der Waals surface area contributed by atoms with E-state index in [1.165, 1.54) is 32.1 Å². The molecule has 0 spiro atoms. The molecular formula is C15H26N4O. The lowest BCUT2D eigenvalue weighted by atomic mass is 9.95. The second kappa shape index (κ2) is 6.86. The number of carbonyl (C=O) groups is 1. The van der Waals surface area contributed by atoms with Crippen LogP contribution in [0.15, 0.2) is 0 Å². The number of rotatable bonds is 6. The smallest absolute Gasteiger partial charge is 0.223 e. The lowest BCUT2D eigenvalue weighted by molar-refractivity contribution is -0.117. The molecule has 0 unspecified atom stereocenters. The third kappa shape index (κ3) is 3.81. The van der Waals surface area contributed by atoms with E-state index in [0.29, 0.717) is 12.0 Å². The second-order valence-electron chi connectivity index (χ2n) is 6.29. The number of hydrogen-bond donors (Lipinski definition) is 1. The Morgan fingerprint density at radius 3 is 2.65 bits per heavy atom. The number of nitrogens with two attached hydrogens (primary N) is 1. The molecule has 1 saturated carbocycles. The molecule has 5 heteroatoms. The van der Waals surface area contributed by atoms with Crippen LogP contribution in [0.5, 0.6) is 0 Å². The molecule has 112 valence electrons. The molecule has 1 aliphatic carbocycles. The molecule has 2 N–H and O–H groups in total. The van der Waals surface area contributed by atoms with E-state index in [0.717, 1.165) is 24.2 Å². The van der Waals surface area contributed by atoms with Crippen molar-refractivity contribution in [1.82, 2.24) is 15.0 Å². The van der Waals surface area contributed by atoms with Crippen LogP contribution < -0.4 is 5.73 Å². The van der Waals surface area contributed by atoms with Crippen molar-refractivity contribution in [3.05, 3.63) is 11.4 Å². The van der Waals surface area contributed by atoms with Crippen molar-refractivity contribution in [3.8, 4) is 0 Å². The van der Waals surface area contributed by atoms with Gasteiger partial charge in [-0.15, -0.1) is 5.10 Å². The Kier molecular flexibility index (Phi) is 5.15. The molecule has 0 saturated heterocycles. The van der Waals surface area contributed by atoms with Gasteiger partial charge in [-0.25, -0.2) is 4.68 Å². The lowest BCUT2D eigenvalue weighted by Gasteiger charge is -2.23. The molecule has 1 aromatic heterocycles. The van der Waals surface area contributed by atoms with E-state index >= 15 is 0 Å². The maximum atomic E-state index is 11.2. The standard InChI is InChI=1S/C15H26N4O/c1-11(2)8-9-14-13(10-15(16)20)17-18-19(14)12-6-4-3-5-7-12/h11-12H,3-10H2,1-2H3,(H2,16,20). The van der Waals surface area contributed by atoms with Gasteiger partial charge in [0.1, 0.15) is 0 Å². The van der Waals surface area contributed by atoms with E-state index in [-0.39, 0.29) is 12.3 Å². The molecule has 0 bridgehead atoms. The first kappa shape index (κ1) is 15.0. The van der Waals surface area contributed by atoms with Crippen LogP contribution in [0.4, 0.5) is 0 Å². The van der Waals surface area contributed by atoms with Crippen LogP contribution in [0.3, 0.4) is 0 Å². The van der Waals surface area contributed by atoms with Crippen LogP contribution >= 0.6 is 0 Å². The van der Waals surface area contributed by atoms with Crippen molar-refractivity contribution in [2.24, 2.45) is 11.7 Å². The Bertz CT molecular complexity index is 447. The Balaban J connectivity index is 2.20. The van der Waals surface area contributed by atoms with E-state index < -0.39 is 0 Å². The first-order valence-corrected chi connectivity index (χ1v) is 7.79. The molecule has 1 fully saturated rings. The van der Waals surface area contributed by atoms with Gasteiger partial charge in [0, 0.05) is 0 Å². The van der Waals surface area contributed by atoms with Gasteiger partial charge in [0.15, 0.2) is 0 Å². The summed E-state index contributed by atoms with van der Waals surface area (Å²) in [5.41, 5.74) is 7.23. The topological polar surface area (TPSA) is 73.8 Å². The Morgan fingerprint density at radius 1 is 1.35 bits per heavy atom. The van der Waals surface area contributed by atoms with Crippen molar-refractivity contribution in [2.75, 3.05) is 0 Å². The lowest BCUT2D eigenvalue weighted by Crippen LogP contribution is -2.19. The minimum Gasteiger partial charge on any atom is -0.369 e. The zero-order valence-electron chi connectivity index (χ0n) is 12.6. The van der Waals surface area contributed by atoms with Crippen molar-refractivity contribution < 1.29 is 4.79 Å². The maximum absolute atomic E-state index is 11.2. The highest BCUT2D eigenvalue weighted by atomic mass is 16.1. The van der Waals surface area contributed by atoms with Gasteiger partial charge in [0.2, 0.25) is 5.91 Å². The average molecular weight is 278 g/mol. The zero-order valence-corrected chi connectivity index (χ0v) is 12.6. The predicted octanol–water partition coefficient (Wildman–Crippen LogP) is 2.40. The van der Waals surface area contributed by atoms with Crippen LogP contribution in [-0.4, -0.2) is 20.9 Å². The summed E-state index contributed by atoms with van der Waals surface area (Å²) in [6, 6.07) is 0.458. The van der Waals surface area contributed by atoms with Crippen LogP contribution in [0, 0.1) is 5.92 Å². The summed E-state index contributed by atoms with van der Waals surface area (Å²) >= 11 is 0. The molecule has 1 amide bonds. The van der Waals surface area contributed by atoms with Crippen molar-refractivity contribution in [3.63, 3.8) is 0 Å². The fraction of sp³-hybridized carbons (Fsp3) is 0.800. The maximum Gasteiger partial charge on any atom is 0.223 e. The number of primary amides is 1. The van der Waals surface area contributed by atoms with Gasteiger partial charge in [-0.05, 0) is 31.6 Å². The van der Waals surface area contributed by atoms with Gasteiger partial charge in [0.25, 0.3) is 0 Å². The number of aromatic nitrogens is 3. The number of nitrogens with zero attached hydrogens (tertiary/aromatic N) is 3. The molecule has 20 heavy (non-hydrogen) atoms. The highest BCUT2D eigenvalue weighted by Gasteiger charge is 2.22. The predicted molar refractivity (Wildman–Crippen MR) is 78.2 cm³/mol. The fourth-order valence-electron chi connectivity index (χ4n) is 2.95. The van der Waals surface area contributed by atoms with E-state index in [1.807, 2.05) is 0 Å². The fourth-order valence-corrected chi connectivity index (χ4v) is 2.95. The Labute approximate surface area is 120 Å². The summed E-state index contributed by atoms with van der Waals surface area (Å²) in [6.45, 7) is 4.42. The van der Waals surface area contributed by atoms with Crippen LogP contribution in [0.2, 0.25) is 0 Å². The highest BCUT2D eigenvalue weighted by Crippen LogP contribution is 2.29. The van der Waals surface area contributed by atoms with Crippen LogP contribution in [-0.2, 0) is 17.6 Å². The molecule has 0 aromatic carbocycles. The van der Waals surface area contributed by atoms with E-state index in [4.69, 9.17) is 5.73 Å². The first-order valence-electron chi connectivity index (χ1n) is 7.79. The summed E-state index contributed by atoms with van der Waals surface area (Å²) in [5, 5.41) is 8.55. The number of amides is 1. The molecule has 5 nitrogen and oxygen atoms in total. The SMILES string of the molecule is CC(C)CCc1c(CC(N)=O)nnn1C1CCCCC1. The van der Waals surface area contributed by atoms with Gasteiger partial charge < -0.3 is 5.73 Å². The summed E-state index contributed by atoms with van der Waals surface area (Å²) in [5.74, 6) is 0.303.